The highest BCUT2D eigenvalue weighted by Crippen LogP contribution is 2.21. The van der Waals surface area contributed by atoms with Crippen LogP contribution in [0.15, 0.2) is 41.2 Å². The second-order valence-corrected chi connectivity index (χ2v) is 4.66. The molecule has 2 aromatic carbocycles. The van der Waals surface area contributed by atoms with Gasteiger partial charge in [-0.3, -0.25) is 4.79 Å². The van der Waals surface area contributed by atoms with E-state index in [9.17, 15) is 13.6 Å². The second-order valence-electron chi connectivity index (χ2n) is 4.66. The number of fused-ring (bicyclic) bond motifs is 1. The minimum absolute atomic E-state index is 0.00795. The van der Waals surface area contributed by atoms with Crippen molar-refractivity contribution < 1.29 is 13.5 Å². The highest BCUT2D eigenvalue weighted by Gasteiger charge is 2.10. The fourth-order valence-corrected chi connectivity index (χ4v) is 2.15. The van der Waals surface area contributed by atoms with Crippen LogP contribution < -0.4 is 10.3 Å². The van der Waals surface area contributed by atoms with Crippen molar-refractivity contribution in [1.29, 1.82) is 0 Å². The van der Waals surface area contributed by atoms with E-state index < -0.39 is 17.2 Å². The van der Waals surface area contributed by atoms with E-state index in [4.69, 9.17) is 4.74 Å². The molecule has 0 aliphatic heterocycles. The summed E-state index contributed by atoms with van der Waals surface area (Å²) < 4.78 is 31.8. The molecule has 0 aliphatic carbocycles. The van der Waals surface area contributed by atoms with Crippen LogP contribution in [-0.4, -0.2) is 16.6 Å². The van der Waals surface area contributed by atoms with E-state index in [1.165, 1.54) is 0 Å². The summed E-state index contributed by atoms with van der Waals surface area (Å²) in [5.74, 6) is -1.13. The van der Waals surface area contributed by atoms with Crippen molar-refractivity contribution in [3.63, 3.8) is 0 Å². The van der Waals surface area contributed by atoms with Gasteiger partial charge in [-0.05, 0) is 37.3 Å². The highest BCUT2D eigenvalue weighted by molar-refractivity contribution is 5.79. The minimum atomic E-state index is -1.08. The van der Waals surface area contributed by atoms with Crippen LogP contribution in [0.5, 0.6) is 5.75 Å². The summed E-state index contributed by atoms with van der Waals surface area (Å²) >= 11 is 0. The molecule has 0 saturated carbocycles. The van der Waals surface area contributed by atoms with Gasteiger partial charge in [-0.25, -0.2) is 13.8 Å². The molecule has 0 unspecified atom stereocenters. The number of nitrogens with zero attached hydrogens (tertiary/aromatic N) is 1. The van der Waals surface area contributed by atoms with Gasteiger partial charge in [-0.2, -0.15) is 0 Å². The van der Waals surface area contributed by atoms with Gasteiger partial charge in [0.2, 0.25) is 0 Å². The number of aromatic amines is 1. The summed E-state index contributed by atoms with van der Waals surface area (Å²) in [6.45, 7) is 2.43. The molecule has 1 aromatic heterocycles. The van der Waals surface area contributed by atoms with Crippen LogP contribution in [0.3, 0.4) is 0 Å². The summed E-state index contributed by atoms with van der Waals surface area (Å²) in [5, 5.41) is 0.00795. The van der Waals surface area contributed by atoms with Crippen LogP contribution >= 0.6 is 0 Å². The standard InChI is InChI=1S/C16H12F2N2O2/c1-2-22-10-5-3-9(4-6-10)15-19-14-8-13(18)12(17)7-11(14)16(21)20-15/h3-8H,2H2,1H3,(H,19,20,21). The summed E-state index contributed by atoms with van der Waals surface area (Å²) in [7, 11) is 0. The Kier molecular flexibility index (Phi) is 3.58. The third kappa shape index (κ3) is 2.55. The van der Waals surface area contributed by atoms with Crippen molar-refractivity contribution >= 4 is 10.9 Å². The first-order valence-electron chi connectivity index (χ1n) is 6.71. The Labute approximate surface area is 124 Å². The van der Waals surface area contributed by atoms with Crippen LogP contribution in [-0.2, 0) is 0 Å². The SMILES string of the molecule is CCOc1ccc(-c2nc3cc(F)c(F)cc3c(=O)[nH]2)cc1. The summed E-state index contributed by atoms with van der Waals surface area (Å²) in [5.41, 5.74) is 0.228. The number of aromatic nitrogens is 2. The average molecular weight is 302 g/mol. The maximum atomic E-state index is 13.3. The zero-order chi connectivity index (χ0) is 15.7. The van der Waals surface area contributed by atoms with Crippen molar-refractivity contribution in [3.8, 4) is 17.1 Å². The number of ether oxygens (including phenoxy) is 1. The van der Waals surface area contributed by atoms with Crippen molar-refractivity contribution in [2.75, 3.05) is 6.61 Å². The molecule has 0 spiro atoms. The van der Waals surface area contributed by atoms with Gasteiger partial charge < -0.3 is 9.72 Å². The molecule has 3 rings (SSSR count). The number of rotatable bonds is 3. The van der Waals surface area contributed by atoms with Gasteiger partial charge in [0, 0.05) is 11.6 Å². The first-order valence-corrected chi connectivity index (χ1v) is 6.71. The van der Waals surface area contributed by atoms with Gasteiger partial charge in [-0.1, -0.05) is 0 Å². The number of halogens is 2. The Morgan fingerprint density at radius 1 is 1.14 bits per heavy atom. The van der Waals surface area contributed by atoms with E-state index in [2.05, 4.69) is 9.97 Å². The Bertz CT molecular complexity index is 889. The van der Waals surface area contributed by atoms with E-state index in [0.717, 1.165) is 12.1 Å². The molecule has 0 atom stereocenters. The fourth-order valence-electron chi connectivity index (χ4n) is 2.15. The van der Waals surface area contributed by atoms with Crippen LogP contribution in [0.25, 0.3) is 22.3 Å². The third-order valence-electron chi connectivity index (χ3n) is 3.19. The van der Waals surface area contributed by atoms with E-state index in [-0.39, 0.29) is 16.7 Å². The fraction of sp³-hybridized carbons (Fsp3) is 0.125. The molecular formula is C16H12F2N2O2. The Hall–Kier alpha value is -2.76. The predicted molar refractivity (Wildman–Crippen MR) is 78.9 cm³/mol. The second kappa shape index (κ2) is 5.55. The Morgan fingerprint density at radius 3 is 2.50 bits per heavy atom. The summed E-state index contributed by atoms with van der Waals surface area (Å²) in [4.78, 5) is 18.7. The number of H-pyrrole nitrogens is 1. The van der Waals surface area contributed by atoms with Gasteiger partial charge >= 0.3 is 0 Å². The smallest absolute Gasteiger partial charge is 0.259 e. The van der Waals surface area contributed by atoms with Crippen LogP contribution in [0.1, 0.15) is 6.92 Å². The number of benzene rings is 2. The van der Waals surface area contributed by atoms with Crippen molar-refractivity contribution in [1.82, 2.24) is 9.97 Å². The van der Waals surface area contributed by atoms with Gasteiger partial charge in [0.05, 0.1) is 17.5 Å². The van der Waals surface area contributed by atoms with Crippen LogP contribution in [0, 0.1) is 11.6 Å². The molecular weight excluding hydrogens is 290 g/mol. The van der Waals surface area contributed by atoms with E-state index >= 15 is 0 Å². The lowest BCUT2D eigenvalue weighted by molar-refractivity contribution is 0.340. The summed E-state index contributed by atoms with van der Waals surface area (Å²) in [6.07, 6.45) is 0. The monoisotopic (exact) mass is 302 g/mol. The molecule has 1 N–H and O–H groups in total. The zero-order valence-electron chi connectivity index (χ0n) is 11.7. The van der Waals surface area contributed by atoms with Crippen molar-refractivity contribution in [3.05, 3.63) is 58.4 Å². The molecule has 0 amide bonds. The van der Waals surface area contributed by atoms with E-state index in [1.807, 2.05) is 6.92 Å². The van der Waals surface area contributed by atoms with Crippen molar-refractivity contribution in [2.45, 2.75) is 6.92 Å². The van der Waals surface area contributed by atoms with Gasteiger partial charge in [0.15, 0.2) is 11.6 Å². The molecule has 6 heteroatoms. The first-order chi connectivity index (χ1) is 10.6. The molecule has 112 valence electrons. The van der Waals surface area contributed by atoms with Gasteiger partial charge in [-0.15, -0.1) is 0 Å². The van der Waals surface area contributed by atoms with Gasteiger partial charge in [0.25, 0.3) is 5.56 Å². The zero-order valence-corrected chi connectivity index (χ0v) is 11.7. The maximum Gasteiger partial charge on any atom is 0.259 e. The molecule has 22 heavy (non-hydrogen) atoms. The molecule has 0 bridgehead atoms. The lowest BCUT2D eigenvalue weighted by Crippen LogP contribution is -2.10. The average Bonchev–Trinajstić information content (AvgIpc) is 2.50. The summed E-state index contributed by atoms with van der Waals surface area (Å²) in [6, 6.07) is 8.71. The Morgan fingerprint density at radius 2 is 1.82 bits per heavy atom. The van der Waals surface area contributed by atoms with Gasteiger partial charge in [0.1, 0.15) is 11.6 Å². The third-order valence-corrected chi connectivity index (χ3v) is 3.19. The molecule has 0 aliphatic rings. The van der Waals surface area contributed by atoms with E-state index in [1.54, 1.807) is 24.3 Å². The normalized spacial score (nSPS) is 10.9. The number of hydrogen-bond acceptors (Lipinski definition) is 3. The largest absolute Gasteiger partial charge is 0.494 e. The maximum absolute atomic E-state index is 13.3. The topological polar surface area (TPSA) is 55.0 Å². The predicted octanol–water partition coefficient (Wildman–Crippen LogP) is 3.27. The van der Waals surface area contributed by atoms with Crippen molar-refractivity contribution in [2.24, 2.45) is 0 Å². The molecule has 0 radical (unpaired) electrons. The lowest BCUT2D eigenvalue weighted by Gasteiger charge is -2.06. The quantitative estimate of drug-likeness (QED) is 0.808. The van der Waals surface area contributed by atoms with Crippen LogP contribution in [0.4, 0.5) is 8.78 Å². The number of hydrogen-bond donors (Lipinski definition) is 1. The molecule has 0 fully saturated rings. The molecule has 3 aromatic rings. The highest BCUT2D eigenvalue weighted by atomic mass is 19.2. The molecule has 1 heterocycles. The molecule has 4 nitrogen and oxygen atoms in total. The Balaban J connectivity index is 2.11. The number of nitrogens with one attached hydrogen (secondary N) is 1. The first kappa shape index (κ1) is 14.2. The molecule has 0 saturated heterocycles. The van der Waals surface area contributed by atoms with E-state index in [0.29, 0.717) is 17.9 Å². The lowest BCUT2D eigenvalue weighted by atomic mass is 10.2. The van der Waals surface area contributed by atoms with Crippen LogP contribution in [0.2, 0.25) is 0 Å². The minimum Gasteiger partial charge on any atom is -0.494 e.